The fraction of sp³-hybridized carbons (Fsp3) is 0.250. The summed E-state index contributed by atoms with van der Waals surface area (Å²) in [7, 11) is 0. The molecule has 1 amide bonds. The minimum atomic E-state index is -1.24. The molecule has 7 heteroatoms. The first-order valence-corrected chi connectivity index (χ1v) is 6.45. The van der Waals surface area contributed by atoms with Gasteiger partial charge in [-0.25, -0.2) is 0 Å². The molecule has 0 radical (unpaired) electrons. The standard InChI is InChI=1S/C12H13NO5S/c14-10(13-8-4-2-1-3-5-8)7-19-9(12(17)18)6-11(15)16/h1-5,9H,6-7H2,(H,13,14)(H,15,16)(H,17,18)/t9-/m0/s1. The monoisotopic (exact) mass is 283 g/mol. The number of hydrogen-bond donors (Lipinski definition) is 3. The lowest BCUT2D eigenvalue weighted by Crippen LogP contribution is -2.23. The third-order valence-electron chi connectivity index (χ3n) is 2.11. The van der Waals surface area contributed by atoms with Gasteiger partial charge in [-0.2, -0.15) is 0 Å². The zero-order valence-electron chi connectivity index (χ0n) is 9.91. The van der Waals surface area contributed by atoms with Gasteiger partial charge in [0, 0.05) is 5.69 Å². The van der Waals surface area contributed by atoms with E-state index >= 15 is 0 Å². The summed E-state index contributed by atoms with van der Waals surface area (Å²) in [4.78, 5) is 32.8. The largest absolute Gasteiger partial charge is 0.481 e. The molecule has 3 N–H and O–H groups in total. The summed E-state index contributed by atoms with van der Waals surface area (Å²) in [6.07, 6.45) is -0.515. The number of para-hydroxylation sites is 1. The average Bonchev–Trinajstić information content (AvgIpc) is 2.35. The number of hydrogen-bond acceptors (Lipinski definition) is 4. The molecule has 1 rings (SSSR count). The summed E-state index contributed by atoms with van der Waals surface area (Å²) in [5.74, 6) is -2.92. The van der Waals surface area contributed by atoms with Gasteiger partial charge in [0.15, 0.2) is 0 Å². The highest BCUT2D eigenvalue weighted by molar-refractivity contribution is 8.01. The maximum absolute atomic E-state index is 11.6. The predicted molar refractivity (Wildman–Crippen MR) is 71.2 cm³/mol. The van der Waals surface area contributed by atoms with Crippen molar-refractivity contribution in [3.63, 3.8) is 0 Å². The maximum Gasteiger partial charge on any atom is 0.317 e. The van der Waals surface area contributed by atoms with E-state index in [2.05, 4.69) is 5.32 Å². The van der Waals surface area contributed by atoms with Gasteiger partial charge in [0.25, 0.3) is 0 Å². The molecule has 0 saturated heterocycles. The fourth-order valence-electron chi connectivity index (χ4n) is 1.27. The summed E-state index contributed by atoms with van der Waals surface area (Å²) in [5.41, 5.74) is 0.609. The molecule has 1 aromatic carbocycles. The number of benzene rings is 1. The first kappa shape index (κ1) is 15.0. The quantitative estimate of drug-likeness (QED) is 0.696. The molecule has 0 bridgehead atoms. The molecule has 0 aliphatic heterocycles. The van der Waals surface area contributed by atoms with E-state index in [0.29, 0.717) is 5.69 Å². The second-order valence-electron chi connectivity index (χ2n) is 3.65. The Morgan fingerprint density at radius 2 is 1.79 bits per heavy atom. The van der Waals surface area contributed by atoms with E-state index in [1.54, 1.807) is 30.3 Å². The molecule has 1 aromatic rings. The number of carboxylic acids is 2. The Hall–Kier alpha value is -2.02. The van der Waals surface area contributed by atoms with Crippen LogP contribution < -0.4 is 5.32 Å². The smallest absolute Gasteiger partial charge is 0.317 e. The average molecular weight is 283 g/mol. The van der Waals surface area contributed by atoms with Crippen molar-refractivity contribution in [3.05, 3.63) is 30.3 Å². The third-order valence-corrected chi connectivity index (χ3v) is 3.31. The topological polar surface area (TPSA) is 104 Å². The SMILES string of the molecule is O=C(O)C[C@H](SCC(=O)Nc1ccccc1)C(=O)O. The first-order chi connectivity index (χ1) is 8.99. The molecule has 0 saturated carbocycles. The predicted octanol–water partition coefficient (Wildman–Crippen LogP) is 1.29. The molecule has 1 atom stereocenters. The molecule has 0 spiro atoms. The van der Waals surface area contributed by atoms with Crippen molar-refractivity contribution < 1.29 is 24.6 Å². The van der Waals surface area contributed by atoms with Crippen LogP contribution in [0.4, 0.5) is 5.69 Å². The molecule has 0 fully saturated rings. The number of carbonyl (C=O) groups is 3. The molecular weight excluding hydrogens is 270 g/mol. The number of anilines is 1. The van der Waals surface area contributed by atoms with Gasteiger partial charge in [-0.3, -0.25) is 14.4 Å². The number of nitrogens with one attached hydrogen (secondary N) is 1. The maximum atomic E-state index is 11.6. The summed E-state index contributed by atoms with van der Waals surface area (Å²) >= 11 is 0.793. The normalized spacial score (nSPS) is 11.6. The highest BCUT2D eigenvalue weighted by atomic mass is 32.2. The highest BCUT2D eigenvalue weighted by Crippen LogP contribution is 2.16. The van der Waals surface area contributed by atoms with E-state index in [1.165, 1.54) is 0 Å². The van der Waals surface area contributed by atoms with Crippen LogP contribution in [0.2, 0.25) is 0 Å². The van der Waals surface area contributed by atoms with Crippen LogP contribution in [-0.2, 0) is 14.4 Å². The van der Waals surface area contributed by atoms with E-state index in [1.807, 2.05) is 0 Å². The molecule has 0 aromatic heterocycles. The zero-order valence-corrected chi connectivity index (χ0v) is 10.7. The Bertz CT molecular complexity index is 462. The lowest BCUT2D eigenvalue weighted by molar-refractivity contribution is -0.142. The highest BCUT2D eigenvalue weighted by Gasteiger charge is 2.22. The van der Waals surface area contributed by atoms with E-state index in [4.69, 9.17) is 10.2 Å². The number of aliphatic carboxylic acids is 2. The number of carboxylic acid groups (broad SMARTS) is 2. The van der Waals surface area contributed by atoms with Gasteiger partial charge >= 0.3 is 11.9 Å². The number of thioether (sulfide) groups is 1. The zero-order chi connectivity index (χ0) is 14.3. The summed E-state index contributed by atoms with van der Waals surface area (Å²) in [6, 6.07) is 8.72. The summed E-state index contributed by atoms with van der Waals surface area (Å²) in [6.45, 7) is 0. The van der Waals surface area contributed by atoms with Crippen LogP contribution >= 0.6 is 11.8 Å². The van der Waals surface area contributed by atoms with Gasteiger partial charge in [-0.15, -0.1) is 11.8 Å². The second kappa shape index (κ2) is 7.42. The molecule has 0 heterocycles. The van der Waals surface area contributed by atoms with E-state index < -0.39 is 23.6 Å². The van der Waals surface area contributed by atoms with Crippen molar-refractivity contribution in [1.82, 2.24) is 0 Å². The van der Waals surface area contributed by atoms with E-state index in [-0.39, 0.29) is 11.7 Å². The molecule has 6 nitrogen and oxygen atoms in total. The van der Waals surface area contributed by atoms with Crippen molar-refractivity contribution in [1.29, 1.82) is 0 Å². The summed E-state index contributed by atoms with van der Waals surface area (Å²) in [5, 5.41) is 18.8. The lowest BCUT2D eigenvalue weighted by Gasteiger charge is -2.09. The van der Waals surface area contributed by atoms with Gasteiger partial charge in [0.1, 0.15) is 5.25 Å². The Labute approximate surface area is 113 Å². The van der Waals surface area contributed by atoms with Crippen molar-refractivity contribution in [2.75, 3.05) is 11.1 Å². The van der Waals surface area contributed by atoms with Crippen LogP contribution in [-0.4, -0.2) is 39.1 Å². The minimum Gasteiger partial charge on any atom is -0.481 e. The third kappa shape index (κ3) is 5.91. The van der Waals surface area contributed by atoms with Gasteiger partial charge in [0.2, 0.25) is 5.91 Å². The second-order valence-corrected chi connectivity index (χ2v) is 4.84. The molecule has 19 heavy (non-hydrogen) atoms. The molecule has 0 aliphatic rings. The summed E-state index contributed by atoms with van der Waals surface area (Å²) < 4.78 is 0. The minimum absolute atomic E-state index is 0.112. The van der Waals surface area contributed by atoms with Crippen molar-refractivity contribution in [3.8, 4) is 0 Å². The van der Waals surface area contributed by atoms with Crippen LogP contribution in [0, 0.1) is 0 Å². The van der Waals surface area contributed by atoms with Gasteiger partial charge in [-0.05, 0) is 12.1 Å². The van der Waals surface area contributed by atoms with E-state index in [0.717, 1.165) is 11.8 Å². The molecular formula is C12H13NO5S. The van der Waals surface area contributed by atoms with Crippen LogP contribution in [0.3, 0.4) is 0 Å². The first-order valence-electron chi connectivity index (χ1n) is 5.40. The Kier molecular flexibility index (Phi) is 5.87. The van der Waals surface area contributed by atoms with Crippen LogP contribution in [0.5, 0.6) is 0 Å². The van der Waals surface area contributed by atoms with Crippen molar-refractivity contribution in [2.45, 2.75) is 11.7 Å². The molecule has 0 unspecified atom stereocenters. The Balaban J connectivity index is 2.44. The van der Waals surface area contributed by atoms with Crippen molar-refractivity contribution in [2.24, 2.45) is 0 Å². The van der Waals surface area contributed by atoms with Crippen LogP contribution in [0.15, 0.2) is 30.3 Å². The van der Waals surface area contributed by atoms with Gasteiger partial charge in [0.05, 0.1) is 12.2 Å². The molecule has 0 aliphatic carbocycles. The van der Waals surface area contributed by atoms with Crippen molar-refractivity contribution >= 4 is 35.3 Å². The fourth-order valence-corrected chi connectivity index (χ4v) is 2.10. The molecule has 102 valence electrons. The Morgan fingerprint density at radius 1 is 1.16 bits per heavy atom. The van der Waals surface area contributed by atoms with Gasteiger partial charge in [-0.1, -0.05) is 18.2 Å². The van der Waals surface area contributed by atoms with Crippen LogP contribution in [0.25, 0.3) is 0 Å². The number of carbonyl (C=O) groups excluding carboxylic acids is 1. The van der Waals surface area contributed by atoms with Gasteiger partial charge < -0.3 is 15.5 Å². The number of rotatable bonds is 7. The Morgan fingerprint density at radius 3 is 2.32 bits per heavy atom. The van der Waals surface area contributed by atoms with Crippen LogP contribution in [0.1, 0.15) is 6.42 Å². The lowest BCUT2D eigenvalue weighted by atomic mass is 10.3. The van der Waals surface area contributed by atoms with E-state index in [9.17, 15) is 14.4 Å². The number of amides is 1.